The minimum atomic E-state index is -1.08. The zero-order chi connectivity index (χ0) is 19.6. The van der Waals surface area contributed by atoms with Crippen LogP contribution in [-0.4, -0.2) is 29.6 Å². The number of rotatable bonds is 8. The van der Waals surface area contributed by atoms with Crippen LogP contribution in [0.2, 0.25) is 0 Å². The monoisotopic (exact) mass is 364 g/mol. The Balaban J connectivity index is 2.01. The maximum atomic E-state index is 12.2. The Morgan fingerprint density at radius 1 is 1.22 bits per heavy atom. The van der Waals surface area contributed by atoms with Crippen molar-refractivity contribution >= 4 is 18.0 Å². The summed E-state index contributed by atoms with van der Waals surface area (Å²) in [6.07, 6.45) is 1.11. The Labute approximate surface area is 157 Å². The normalized spacial score (nSPS) is 11.9. The average Bonchev–Trinajstić information content (AvgIpc) is 2.67. The number of amides is 1. The van der Waals surface area contributed by atoms with Crippen molar-refractivity contribution < 1.29 is 19.4 Å². The summed E-state index contributed by atoms with van der Waals surface area (Å²) in [5, 5.41) is 20.9. The number of carboxylic acid groups (broad SMARTS) is 1. The van der Waals surface area contributed by atoms with Crippen molar-refractivity contribution in [1.29, 1.82) is 5.26 Å². The molecule has 0 aliphatic carbocycles. The van der Waals surface area contributed by atoms with E-state index in [0.29, 0.717) is 24.3 Å². The maximum absolute atomic E-state index is 12.2. The van der Waals surface area contributed by atoms with Gasteiger partial charge in [-0.3, -0.25) is 4.79 Å². The van der Waals surface area contributed by atoms with Gasteiger partial charge in [-0.1, -0.05) is 42.5 Å². The molecule has 2 aromatic rings. The molecule has 2 N–H and O–H groups in total. The third-order valence-electron chi connectivity index (χ3n) is 3.74. The standard InChI is InChI=1S/C21H20N2O4/c1-15(21(25)26)27-19-9-5-8-17(13-19)12-18(14-22)20(24)23-11-10-16-6-3-2-4-7-16/h2-9,12-13,15H,10-11H2,1H3,(H,23,24)(H,25,26)/b18-12-. The predicted molar refractivity (Wildman–Crippen MR) is 101 cm³/mol. The van der Waals surface area contributed by atoms with Gasteiger partial charge in [-0.2, -0.15) is 5.26 Å². The van der Waals surface area contributed by atoms with Crippen LogP contribution >= 0.6 is 0 Å². The fraction of sp³-hybridized carbons (Fsp3) is 0.190. The van der Waals surface area contributed by atoms with Crippen molar-refractivity contribution in [1.82, 2.24) is 5.32 Å². The summed E-state index contributed by atoms with van der Waals surface area (Å²) in [5.41, 5.74) is 1.63. The van der Waals surface area contributed by atoms with Crippen molar-refractivity contribution in [2.75, 3.05) is 6.54 Å². The lowest BCUT2D eigenvalue weighted by Gasteiger charge is -2.10. The summed E-state index contributed by atoms with van der Waals surface area (Å²) in [7, 11) is 0. The summed E-state index contributed by atoms with van der Waals surface area (Å²) in [4.78, 5) is 23.1. The Morgan fingerprint density at radius 2 is 1.96 bits per heavy atom. The van der Waals surface area contributed by atoms with Gasteiger partial charge < -0.3 is 15.2 Å². The maximum Gasteiger partial charge on any atom is 0.344 e. The van der Waals surface area contributed by atoms with Crippen molar-refractivity contribution in [2.24, 2.45) is 0 Å². The average molecular weight is 364 g/mol. The van der Waals surface area contributed by atoms with Gasteiger partial charge in [0.2, 0.25) is 0 Å². The zero-order valence-corrected chi connectivity index (χ0v) is 14.9. The number of hydrogen-bond acceptors (Lipinski definition) is 4. The van der Waals surface area contributed by atoms with Crippen LogP contribution in [0.15, 0.2) is 60.2 Å². The Bertz CT molecular complexity index is 869. The molecule has 0 radical (unpaired) electrons. The van der Waals surface area contributed by atoms with Gasteiger partial charge in [0.15, 0.2) is 6.10 Å². The van der Waals surface area contributed by atoms with Crippen LogP contribution in [0.3, 0.4) is 0 Å². The fourth-order valence-corrected chi connectivity index (χ4v) is 2.31. The molecular weight excluding hydrogens is 344 g/mol. The minimum absolute atomic E-state index is 0.0357. The second-order valence-electron chi connectivity index (χ2n) is 5.83. The summed E-state index contributed by atoms with van der Waals surface area (Å²) in [6.45, 7) is 1.84. The number of hydrogen-bond donors (Lipinski definition) is 2. The number of nitriles is 1. The molecule has 2 rings (SSSR count). The lowest BCUT2D eigenvalue weighted by molar-refractivity contribution is -0.144. The first-order chi connectivity index (χ1) is 13.0. The largest absolute Gasteiger partial charge is 0.479 e. The third kappa shape index (κ3) is 6.33. The molecule has 0 saturated heterocycles. The van der Waals surface area contributed by atoms with E-state index < -0.39 is 18.0 Å². The number of carbonyl (C=O) groups is 2. The summed E-state index contributed by atoms with van der Waals surface area (Å²) in [5.74, 6) is -1.19. The molecule has 1 amide bonds. The highest BCUT2D eigenvalue weighted by atomic mass is 16.5. The fourth-order valence-electron chi connectivity index (χ4n) is 2.31. The Morgan fingerprint density at radius 3 is 2.63 bits per heavy atom. The zero-order valence-electron chi connectivity index (χ0n) is 14.9. The molecule has 0 bridgehead atoms. The summed E-state index contributed by atoms with van der Waals surface area (Å²) < 4.78 is 5.29. The number of ether oxygens (including phenoxy) is 1. The number of carboxylic acids is 1. The highest BCUT2D eigenvalue weighted by Gasteiger charge is 2.13. The van der Waals surface area contributed by atoms with Gasteiger partial charge >= 0.3 is 5.97 Å². The third-order valence-corrected chi connectivity index (χ3v) is 3.74. The second kappa shape index (κ2) is 9.78. The number of carbonyl (C=O) groups excluding carboxylic acids is 1. The minimum Gasteiger partial charge on any atom is -0.479 e. The second-order valence-corrected chi connectivity index (χ2v) is 5.83. The van der Waals surface area contributed by atoms with Crippen LogP contribution in [0.5, 0.6) is 5.75 Å². The summed E-state index contributed by atoms with van der Waals surface area (Å²) in [6, 6.07) is 18.2. The molecule has 0 fully saturated rings. The van der Waals surface area contributed by atoms with E-state index in [1.54, 1.807) is 24.3 Å². The van der Waals surface area contributed by atoms with Crippen molar-refractivity contribution in [2.45, 2.75) is 19.4 Å². The van der Waals surface area contributed by atoms with E-state index in [2.05, 4.69) is 5.32 Å². The number of nitrogens with zero attached hydrogens (tertiary/aromatic N) is 1. The van der Waals surface area contributed by atoms with E-state index in [0.717, 1.165) is 5.56 Å². The molecule has 1 unspecified atom stereocenters. The van der Waals surface area contributed by atoms with Gasteiger partial charge in [-0.25, -0.2) is 4.79 Å². The van der Waals surface area contributed by atoms with E-state index in [1.807, 2.05) is 36.4 Å². The van der Waals surface area contributed by atoms with Crippen LogP contribution in [-0.2, 0) is 16.0 Å². The SMILES string of the molecule is CC(Oc1cccc(/C=C(/C#N)C(=O)NCCc2ccccc2)c1)C(=O)O. The molecule has 0 spiro atoms. The van der Waals surface area contributed by atoms with Crippen LogP contribution in [0.4, 0.5) is 0 Å². The lowest BCUT2D eigenvalue weighted by Crippen LogP contribution is -2.26. The first-order valence-electron chi connectivity index (χ1n) is 8.43. The van der Waals surface area contributed by atoms with E-state index in [1.165, 1.54) is 13.0 Å². The van der Waals surface area contributed by atoms with Crippen molar-refractivity contribution in [3.63, 3.8) is 0 Å². The molecule has 0 aliphatic heterocycles. The topological polar surface area (TPSA) is 99.4 Å². The molecule has 2 aromatic carbocycles. The highest BCUT2D eigenvalue weighted by molar-refractivity contribution is 6.01. The predicted octanol–water partition coefficient (Wildman–Crippen LogP) is 2.80. The van der Waals surface area contributed by atoms with Crippen molar-refractivity contribution in [3.8, 4) is 11.8 Å². The van der Waals surface area contributed by atoms with Crippen LogP contribution < -0.4 is 10.1 Å². The first-order valence-corrected chi connectivity index (χ1v) is 8.43. The number of benzene rings is 2. The van der Waals surface area contributed by atoms with E-state index in [-0.39, 0.29) is 5.57 Å². The summed E-state index contributed by atoms with van der Waals surface area (Å²) >= 11 is 0. The molecule has 138 valence electrons. The first kappa shape index (κ1) is 19.7. The highest BCUT2D eigenvalue weighted by Crippen LogP contribution is 2.17. The quantitative estimate of drug-likeness (QED) is 0.554. The smallest absolute Gasteiger partial charge is 0.344 e. The Kier molecular flexibility index (Phi) is 7.15. The Hall–Kier alpha value is -3.59. The molecule has 0 aromatic heterocycles. The molecule has 0 heterocycles. The van der Waals surface area contributed by atoms with Crippen molar-refractivity contribution in [3.05, 3.63) is 71.3 Å². The number of aliphatic carboxylic acids is 1. The van der Waals surface area contributed by atoms with E-state index >= 15 is 0 Å². The lowest BCUT2D eigenvalue weighted by atomic mass is 10.1. The molecular formula is C21H20N2O4. The molecule has 6 nitrogen and oxygen atoms in total. The van der Waals surface area contributed by atoms with Gasteiger partial charge in [0.05, 0.1) is 0 Å². The molecule has 27 heavy (non-hydrogen) atoms. The van der Waals surface area contributed by atoms with Gasteiger partial charge in [0, 0.05) is 6.54 Å². The van der Waals surface area contributed by atoms with Crippen LogP contribution in [0.25, 0.3) is 6.08 Å². The van der Waals surface area contributed by atoms with Gasteiger partial charge in [0.1, 0.15) is 17.4 Å². The van der Waals surface area contributed by atoms with Gasteiger partial charge in [-0.15, -0.1) is 0 Å². The molecule has 0 aliphatic rings. The van der Waals surface area contributed by atoms with Gasteiger partial charge in [0.25, 0.3) is 5.91 Å². The van der Waals surface area contributed by atoms with Crippen LogP contribution in [0, 0.1) is 11.3 Å². The van der Waals surface area contributed by atoms with E-state index in [9.17, 15) is 14.9 Å². The molecule has 0 saturated carbocycles. The van der Waals surface area contributed by atoms with Crippen LogP contribution in [0.1, 0.15) is 18.1 Å². The van der Waals surface area contributed by atoms with E-state index in [4.69, 9.17) is 9.84 Å². The number of nitrogens with one attached hydrogen (secondary N) is 1. The molecule has 1 atom stereocenters. The van der Waals surface area contributed by atoms with Gasteiger partial charge in [-0.05, 0) is 42.7 Å². The molecule has 6 heteroatoms.